The molecule has 0 atom stereocenters. The Kier molecular flexibility index (Phi) is 4.15. The predicted octanol–water partition coefficient (Wildman–Crippen LogP) is 1.19. The van der Waals surface area contributed by atoms with E-state index in [1.54, 1.807) is 12.1 Å². The summed E-state index contributed by atoms with van der Waals surface area (Å²) < 4.78 is 18.6. The molecule has 1 aromatic carbocycles. The lowest BCUT2D eigenvalue weighted by Gasteiger charge is -2.08. The fourth-order valence-corrected chi connectivity index (χ4v) is 1.56. The Bertz CT molecular complexity index is 433. The first-order valence-electron chi connectivity index (χ1n) is 6.07. The molecule has 0 bridgehead atoms. The lowest BCUT2D eigenvalue weighted by Crippen LogP contribution is -2.30. The van der Waals surface area contributed by atoms with Gasteiger partial charge in [0.15, 0.2) is 6.61 Å². The van der Waals surface area contributed by atoms with Gasteiger partial charge in [-0.15, -0.1) is 0 Å². The molecule has 0 unspecified atom stereocenters. The van der Waals surface area contributed by atoms with Crippen molar-refractivity contribution in [1.82, 2.24) is 5.32 Å². The molecular formula is C13H17FN2O2. The van der Waals surface area contributed by atoms with E-state index in [1.807, 2.05) is 0 Å². The van der Waals surface area contributed by atoms with Gasteiger partial charge < -0.3 is 15.8 Å². The van der Waals surface area contributed by atoms with E-state index in [1.165, 1.54) is 18.9 Å². The minimum absolute atomic E-state index is 0.0892. The minimum Gasteiger partial charge on any atom is -0.484 e. The molecule has 5 heteroatoms. The Labute approximate surface area is 105 Å². The number of nitrogens with two attached hydrogens (primary N) is 1. The van der Waals surface area contributed by atoms with Crippen molar-refractivity contribution >= 4 is 5.91 Å². The quantitative estimate of drug-likeness (QED) is 0.799. The number of nitrogens with one attached hydrogen (secondary N) is 1. The molecule has 0 saturated heterocycles. The largest absolute Gasteiger partial charge is 0.484 e. The van der Waals surface area contributed by atoms with Crippen molar-refractivity contribution in [2.75, 3.05) is 13.2 Å². The van der Waals surface area contributed by atoms with E-state index in [9.17, 15) is 9.18 Å². The molecule has 1 aromatic rings. The molecule has 4 nitrogen and oxygen atoms in total. The molecular weight excluding hydrogens is 235 g/mol. The summed E-state index contributed by atoms with van der Waals surface area (Å²) in [4.78, 5) is 11.4. The molecule has 0 aliphatic heterocycles. The fourth-order valence-electron chi connectivity index (χ4n) is 1.56. The number of ether oxygens (including phenoxy) is 1. The van der Waals surface area contributed by atoms with E-state index in [-0.39, 0.29) is 19.1 Å². The summed E-state index contributed by atoms with van der Waals surface area (Å²) in [7, 11) is 0. The lowest BCUT2D eigenvalue weighted by atomic mass is 10.2. The molecule has 1 saturated carbocycles. The highest BCUT2D eigenvalue weighted by Gasteiger charge is 2.21. The van der Waals surface area contributed by atoms with E-state index in [4.69, 9.17) is 10.5 Å². The molecule has 0 heterocycles. The van der Waals surface area contributed by atoms with E-state index < -0.39 is 5.82 Å². The van der Waals surface area contributed by atoms with Crippen molar-refractivity contribution in [2.24, 2.45) is 11.7 Å². The molecule has 2 rings (SSSR count). The van der Waals surface area contributed by atoms with Crippen LogP contribution < -0.4 is 15.8 Å². The normalized spacial score (nSPS) is 14.3. The average Bonchev–Trinajstić information content (AvgIpc) is 3.18. The number of carbonyl (C=O) groups excluding carboxylic acids is 1. The van der Waals surface area contributed by atoms with Crippen molar-refractivity contribution in [1.29, 1.82) is 0 Å². The third-order valence-electron chi connectivity index (χ3n) is 2.90. The summed E-state index contributed by atoms with van der Waals surface area (Å²) in [6.45, 7) is 0.769. The van der Waals surface area contributed by atoms with Crippen molar-refractivity contribution < 1.29 is 13.9 Å². The molecule has 1 fully saturated rings. The lowest BCUT2D eigenvalue weighted by molar-refractivity contribution is -0.123. The zero-order chi connectivity index (χ0) is 13.0. The minimum atomic E-state index is -0.409. The Hall–Kier alpha value is -1.62. The Morgan fingerprint density at radius 2 is 2.28 bits per heavy atom. The summed E-state index contributed by atoms with van der Waals surface area (Å²) in [6.07, 6.45) is 2.37. The van der Waals surface area contributed by atoms with Crippen molar-refractivity contribution in [3.05, 3.63) is 29.6 Å². The highest BCUT2D eigenvalue weighted by molar-refractivity contribution is 5.77. The average molecular weight is 252 g/mol. The van der Waals surface area contributed by atoms with E-state index in [2.05, 4.69) is 5.32 Å². The van der Waals surface area contributed by atoms with Gasteiger partial charge in [0.2, 0.25) is 0 Å². The standard InChI is InChI=1S/C13H17FN2O2/c14-12-5-11(4-3-10(12)6-15)18-8-13(17)16-7-9-1-2-9/h3-5,9H,1-2,6-8,15H2,(H,16,17). The number of benzene rings is 1. The molecule has 3 N–H and O–H groups in total. The second-order valence-electron chi connectivity index (χ2n) is 4.49. The van der Waals surface area contributed by atoms with Gasteiger partial charge in [-0.3, -0.25) is 4.79 Å². The van der Waals surface area contributed by atoms with Crippen LogP contribution in [0.15, 0.2) is 18.2 Å². The van der Waals surface area contributed by atoms with Gasteiger partial charge in [0, 0.05) is 24.7 Å². The van der Waals surface area contributed by atoms with Gasteiger partial charge in [0.25, 0.3) is 5.91 Å². The Morgan fingerprint density at radius 3 is 2.89 bits per heavy atom. The van der Waals surface area contributed by atoms with Gasteiger partial charge in [0.05, 0.1) is 0 Å². The Morgan fingerprint density at radius 1 is 1.50 bits per heavy atom. The third kappa shape index (κ3) is 3.70. The summed E-state index contributed by atoms with van der Waals surface area (Å²) in [5.41, 5.74) is 5.78. The second-order valence-corrected chi connectivity index (χ2v) is 4.49. The molecule has 0 radical (unpaired) electrons. The molecule has 1 aliphatic carbocycles. The van der Waals surface area contributed by atoms with Crippen LogP contribution >= 0.6 is 0 Å². The van der Waals surface area contributed by atoms with Crippen LogP contribution in [0.25, 0.3) is 0 Å². The Balaban J connectivity index is 1.77. The molecule has 98 valence electrons. The molecule has 0 spiro atoms. The topological polar surface area (TPSA) is 64.3 Å². The summed E-state index contributed by atoms with van der Waals surface area (Å²) >= 11 is 0. The maximum absolute atomic E-state index is 13.4. The molecule has 0 aromatic heterocycles. The van der Waals surface area contributed by atoms with Crippen LogP contribution in [0.1, 0.15) is 18.4 Å². The molecule has 18 heavy (non-hydrogen) atoms. The summed E-state index contributed by atoms with van der Waals surface area (Å²) in [5, 5.41) is 2.77. The maximum atomic E-state index is 13.4. The van der Waals surface area contributed by atoms with E-state index in [0.29, 0.717) is 23.8 Å². The van der Waals surface area contributed by atoms with Crippen LogP contribution in [0.2, 0.25) is 0 Å². The first kappa shape index (κ1) is 12.8. The number of hydrogen-bond donors (Lipinski definition) is 2. The van der Waals surface area contributed by atoms with Crippen LogP contribution in [0, 0.1) is 11.7 Å². The second kappa shape index (κ2) is 5.82. The van der Waals surface area contributed by atoms with Crippen molar-refractivity contribution in [3.8, 4) is 5.75 Å². The third-order valence-corrected chi connectivity index (χ3v) is 2.90. The predicted molar refractivity (Wildman–Crippen MR) is 65.5 cm³/mol. The summed E-state index contributed by atoms with van der Waals surface area (Å²) in [5.74, 6) is 0.389. The maximum Gasteiger partial charge on any atom is 0.257 e. The monoisotopic (exact) mass is 252 g/mol. The van der Waals surface area contributed by atoms with Crippen molar-refractivity contribution in [3.63, 3.8) is 0 Å². The number of amides is 1. The highest BCUT2D eigenvalue weighted by atomic mass is 19.1. The summed E-state index contributed by atoms with van der Waals surface area (Å²) in [6, 6.07) is 4.42. The van der Waals surface area contributed by atoms with Crippen LogP contribution in [0.3, 0.4) is 0 Å². The van der Waals surface area contributed by atoms with Gasteiger partial charge in [0.1, 0.15) is 11.6 Å². The van der Waals surface area contributed by atoms with E-state index in [0.717, 1.165) is 0 Å². The SMILES string of the molecule is NCc1ccc(OCC(=O)NCC2CC2)cc1F. The van der Waals surface area contributed by atoms with Gasteiger partial charge in [-0.25, -0.2) is 4.39 Å². The number of rotatable bonds is 6. The van der Waals surface area contributed by atoms with Gasteiger partial charge in [-0.05, 0) is 24.8 Å². The number of carbonyl (C=O) groups is 1. The van der Waals surface area contributed by atoms with E-state index >= 15 is 0 Å². The van der Waals surface area contributed by atoms with Gasteiger partial charge >= 0.3 is 0 Å². The van der Waals surface area contributed by atoms with Crippen LogP contribution in [0.4, 0.5) is 4.39 Å². The highest BCUT2D eigenvalue weighted by Crippen LogP contribution is 2.27. The smallest absolute Gasteiger partial charge is 0.257 e. The first-order chi connectivity index (χ1) is 8.69. The zero-order valence-electron chi connectivity index (χ0n) is 10.1. The molecule has 1 amide bonds. The van der Waals surface area contributed by atoms with Gasteiger partial charge in [-0.2, -0.15) is 0 Å². The van der Waals surface area contributed by atoms with Crippen LogP contribution in [-0.4, -0.2) is 19.1 Å². The van der Waals surface area contributed by atoms with Crippen LogP contribution in [0.5, 0.6) is 5.75 Å². The zero-order valence-corrected chi connectivity index (χ0v) is 10.1. The fraction of sp³-hybridized carbons (Fsp3) is 0.462. The molecule has 1 aliphatic rings. The number of halogens is 1. The van der Waals surface area contributed by atoms with Crippen LogP contribution in [-0.2, 0) is 11.3 Å². The first-order valence-corrected chi connectivity index (χ1v) is 6.07. The number of hydrogen-bond acceptors (Lipinski definition) is 3. The van der Waals surface area contributed by atoms with Crippen molar-refractivity contribution in [2.45, 2.75) is 19.4 Å². The van der Waals surface area contributed by atoms with Gasteiger partial charge in [-0.1, -0.05) is 6.07 Å².